The fraction of sp³-hybridized carbons (Fsp3) is 0.565. The van der Waals surface area contributed by atoms with Crippen molar-refractivity contribution in [2.45, 2.75) is 149 Å². The van der Waals surface area contributed by atoms with Crippen molar-refractivity contribution in [2.24, 2.45) is 51.4 Å². The number of piperidine rings is 1. The smallest absolute Gasteiger partial charge is 0.433 e. The van der Waals surface area contributed by atoms with Gasteiger partial charge in [0.1, 0.15) is 34.0 Å². The third kappa shape index (κ3) is 15.7. The zero-order valence-corrected chi connectivity index (χ0v) is 54.5. The molecule has 3 amide bonds. The van der Waals surface area contributed by atoms with E-state index in [2.05, 4.69) is 39.2 Å². The highest BCUT2D eigenvalue weighted by Crippen LogP contribution is 2.51. The number of allylic oxidation sites excluding steroid dienone is 2. The first-order chi connectivity index (χ1) is 42.0. The Kier molecular flexibility index (Phi) is 22.3. The van der Waals surface area contributed by atoms with Crippen LogP contribution >= 0.6 is 7.60 Å². The highest BCUT2D eigenvalue weighted by atomic mass is 32.2. The zero-order valence-electron chi connectivity index (χ0n) is 52.8. The Morgan fingerprint density at radius 3 is 2.08 bits per heavy atom. The number of nitrogens with one attached hydrogen (secondary N) is 3. The number of fused-ring (bicyclic) bond motifs is 2. The number of methoxy groups -OCH3 is 1. The minimum absolute atomic E-state index is 0.0538. The van der Waals surface area contributed by atoms with Crippen molar-refractivity contribution in [3.63, 3.8) is 0 Å². The maximum atomic E-state index is 14.7. The van der Waals surface area contributed by atoms with Gasteiger partial charge in [-0.2, -0.15) is 0 Å². The predicted molar refractivity (Wildman–Crippen MR) is 330 cm³/mol. The maximum Gasteiger partial charge on any atom is 0.433 e. The number of hydrazine groups is 1. The van der Waals surface area contributed by atoms with Crippen LogP contribution in [0.2, 0.25) is 0 Å². The Bertz CT molecular complexity index is 3610. The number of aromatic hydroxyl groups is 2. The Labute approximate surface area is 523 Å². The number of rotatable bonds is 8. The van der Waals surface area contributed by atoms with Crippen LogP contribution in [0.15, 0.2) is 75.3 Å². The zero-order chi connectivity index (χ0) is 66.7. The minimum atomic E-state index is -4.82. The van der Waals surface area contributed by atoms with Crippen LogP contribution in [-0.2, 0) is 38.4 Å². The molecule has 0 aromatic heterocycles. The number of amides is 3. The van der Waals surface area contributed by atoms with Crippen molar-refractivity contribution >= 4 is 63.5 Å². The molecule has 3 aromatic rings. The van der Waals surface area contributed by atoms with Gasteiger partial charge in [0.05, 0.1) is 46.1 Å². The maximum absolute atomic E-state index is 14.7. The number of benzene rings is 3. The van der Waals surface area contributed by atoms with Gasteiger partial charge in [-0.3, -0.25) is 24.8 Å². The average molecular weight is 1300 g/mol. The lowest BCUT2D eigenvalue weighted by atomic mass is 9.78. The molecule has 4 bridgehead atoms. The molecule has 11 atom stereocenters. The van der Waals surface area contributed by atoms with Gasteiger partial charge in [0, 0.05) is 107 Å². The molecule has 5 aliphatic heterocycles. The lowest BCUT2D eigenvalue weighted by Gasteiger charge is -2.38. The van der Waals surface area contributed by atoms with E-state index in [9.17, 15) is 57.4 Å². The third-order valence-corrected chi connectivity index (χ3v) is 19.6. The van der Waals surface area contributed by atoms with Crippen LogP contribution in [0.3, 0.4) is 0 Å². The molecule has 90 heavy (non-hydrogen) atoms. The van der Waals surface area contributed by atoms with Crippen LogP contribution in [0.25, 0.3) is 10.8 Å². The monoisotopic (exact) mass is 1300 g/mol. The van der Waals surface area contributed by atoms with E-state index in [0.717, 1.165) is 38.3 Å². The van der Waals surface area contributed by atoms with Crippen LogP contribution in [0.1, 0.15) is 116 Å². The van der Waals surface area contributed by atoms with Crippen molar-refractivity contribution in [3.05, 3.63) is 87.8 Å². The summed E-state index contributed by atoms with van der Waals surface area (Å²) in [6.45, 7) is 23.0. The number of aliphatic hydroxyl groups is 2. The van der Waals surface area contributed by atoms with Crippen LogP contribution in [0.5, 0.6) is 17.2 Å². The van der Waals surface area contributed by atoms with Gasteiger partial charge < -0.3 is 64.5 Å². The molecule has 1 aliphatic carbocycles. The second-order valence-corrected chi connectivity index (χ2v) is 28.2. The summed E-state index contributed by atoms with van der Waals surface area (Å²) in [4.78, 5) is 89.4. The Morgan fingerprint density at radius 2 is 1.51 bits per heavy atom. The highest BCUT2D eigenvalue weighted by Gasteiger charge is 2.51. The van der Waals surface area contributed by atoms with E-state index in [4.69, 9.17) is 38.8 Å². The second-order valence-electron chi connectivity index (χ2n) is 25.0. The molecule has 3 aromatic carbocycles. The molecule has 2 unspecified atom stereocenters. The van der Waals surface area contributed by atoms with Gasteiger partial charge >= 0.3 is 31.1 Å². The first-order valence-electron chi connectivity index (χ1n) is 30.0. The molecule has 1 saturated carbocycles. The predicted octanol–water partition coefficient (Wildman–Crippen LogP) is 6.22. The van der Waals surface area contributed by atoms with E-state index in [0.29, 0.717) is 36.3 Å². The molecule has 494 valence electrons. The molecule has 28 heteroatoms. The molecule has 2 saturated heterocycles. The summed E-state index contributed by atoms with van der Waals surface area (Å²) in [5, 5.41) is 59.9. The number of ketones is 1. The summed E-state index contributed by atoms with van der Waals surface area (Å²) >= 11 is 0. The number of sulfonamides is 1. The summed E-state index contributed by atoms with van der Waals surface area (Å²) in [7, 11) is -7.18. The molecule has 6 aliphatic rings. The van der Waals surface area contributed by atoms with Crippen LogP contribution in [-0.4, -0.2) is 159 Å². The molecule has 1 spiro atoms. The number of carboxylic acid groups (broad SMARTS) is 1. The summed E-state index contributed by atoms with van der Waals surface area (Å²) in [5.41, 5.74) is 1.41. The second kappa shape index (κ2) is 28.4. The number of carbonyl (C=O) groups is 5. The Balaban J connectivity index is 0.000000324. The summed E-state index contributed by atoms with van der Waals surface area (Å²) in [6, 6.07) is 5.69. The summed E-state index contributed by atoms with van der Waals surface area (Å²) in [5.74, 6) is -5.30. The van der Waals surface area contributed by atoms with Crippen molar-refractivity contribution < 1.29 is 91.2 Å². The van der Waals surface area contributed by atoms with E-state index in [1.165, 1.54) is 58.6 Å². The first kappa shape index (κ1) is 70.6. The number of esters is 1. The number of likely N-dealkylation sites (tertiary alicyclic amines) is 1. The topological polar surface area (TPSA) is 382 Å². The molecule has 9 rings (SSSR count). The molecular formula is C62H86N7O19PS. The van der Waals surface area contributed by atoms with Crippen LogP contribution in [0, 0.1) is 55.3 Å². The van der Waals surface area contributed by atoms with Crippen LogP contribution < -0.4 is 30.9 Å². The summed E-state index contributed by atoms with van der Waals surface area (Å²) < 4.78 is 59.8. The van der Waals surface area contributed by atoms with E-state index in [1.807, 2.05) is 11.9 Å². The van der Waals surface area contributed by atoms with Crippen molar-refractivity contribution in [3.8, 4) is 17.2 Å². The molecule has 10 N–H and O–H groups in total. The third-order valence-electron chi connectivity index (χ3n) is 17.7. The molecule has 5 heterocycles. The summed E-state index contributed by atoms with van der Waals surface area (Å²) in [6.07, 6.45) is 8.73. The van der Waals surface area contributed by atoms with Gasteiger partial charge in [-0.25, -0.2) is 37.3 Å². The standard InChI is InChI=1S/C46H62N4O11.C15H21N3O3S.CH3O5P/c1-22(2)21-50-18-16-46(17-19-50)48-34-31-32-39(54)28(8)42-33(31)43(56)45(10,61-42)59-20-15-30(58-11)25(5)41(60-29(9)51)27(7)38(53)26(6)37(52)23(3)13-12-14-24(4)44(57)47-36(40(32)55)35(34)49-46;1-11-5-7-14(8-6-11)22(20,21)17-15(19)16-18-9-12-3-2-4-13(12)10-18;2-1(3)7(4,5)6/h12-15,20,22-23,25-27,30,37-38,41,48,52-55H,16-19,21H2,1-11H3;5-8,12-13H,2-4,9-10H2,1H3,(H2,16,17,19);(H,2,3)(H2,4,5,6)/b13-12+,20-15+,24-14-,47-36?;;/t23-,25+,26+,27+,30-,37-,38+,41+,45-;;/m0../s1. The first-order valence-corrected chi connectivity index (χ1v) is 33.1. The van der Waals surface area contributed by atoms with Gasteiger partial charge in [-0.05, 0) is 69.6 Å². The quantitative estimate of drug-likeness (QED) is 0.0679. The molecular weight excluding hydrogens is 1210 g/mol. The van der Waals surface area contributed by atoms with Gasteiger partial charge in [-0.15, -0.1) is 0 Å². The Hall–Kier alpha value is -6.81. The van der Waals surface area contributed by atoms with E-state index in [1.54, 1.807) is 78.0 Å². The van der Waals surface area contributed by atoms with Gasteiger partial charge in [0.15, 0.2) is 5.75 Å². The number of aryl methyl sites for hydroxylation is 1. The van der Waals surface area contributed by atoms with E-state index in [-0.39, 0.29) is 54.6 Å². The van der Waals surface area contributed by atoms with Crippen molar-refractivity contribution in [1.82, 2.24) is 20.1 Å². The number of urea groups is 1. The number of hydrogen-bond acceptors (Lipinski definition) is 20. The number of aliphatic hydroxyl groups excluding tert-OH is 2. The van der Waals surface area contributed by atoms with Crippen molar-refractivity contribution in [1.29, 1.82) is 0 Å². The SMILES string of the molecule is CO[C@H]1/C=C/O[C@@]2(C)Oc3c(C)c(O)c4c(O)c(c5c(c4c3C2=O)NC2(CCN(CC(C)C)CC2)N=5)=NC(=O)/C(C)=C\C=C\[C@H](C)[C@H](O)[C@@H](C)[C@@H](O)[C@@H](C)[C@H](OC(C)=O)[C@@H]1C.Cc1ccc(S(=O)(=O)NC(=O)NN2CC3CCCC3C2)cc1.O=C(O)P(=O)(O)O. The van der Waals surface area contributed by atoms with Gasteiger partial charge in [-0.1, -0.05) is 83.9 Å². The molecule has 26 nitrogen and oxygen atoms in total. The number of Topliss-reactive ketones (excluding diaryl/α,β-unsaturated/α-hetero) is 1. The number of anilines is 1. The number of phenols is 2. The number of ether oxygens (including phenoxy) is 4. The number of phenolic OH excluding ortho intramolecular Hbond substituents is 2. The van der Waals surface area contributed by atoms with Crippen LogP contribution in [0.4, 0.5) is 15.3 Å². The lowest BCUT2D eigenvalue weighted by molar-refractivity contribution is -0.160. The Morgan fingerprint density at radius 1 is 0.900 bits per heavy atom. The minimum Gasteiger partial charge on any atom is -0.507 e. The number of hydrogen-bond donors (Lipinski definition) is 10. The highest BCUT2D eigenvalue weighted by molar-refractivity contribution is 7.90. The average Bonchev–Trinajstić information content (AvgIpc) is 1.50. The van der Waals surface area contributed by atoms with Crippen molar-refractivity contribution in [2.75, 3.05) is 45.2 Å². The van der Waals surface area contributed by atoms with E-state index < -0.39 is 112 Å². The number of carbonyl (C=O) groups excluding carboxylic acids is 4. The molecule has 3 fully saturated rings. The lowest BCUT2D eigenvalue weighted by Crippen LogP contribution is -2.48. The van der Waals surface area contributed by atoms with Gasteiger partial charge in [0.25, 0.3) is 21.7 Å². The number of nitrogens with zero attached hydrogens (tertiary/aromatic N) is 4. The van der Waals surface area contributed by atoms with Gasteiger partial charge in [0.2, 0.25) is 0 Å². The van der Waals surface area contributed by atoms with E-state index >= 15 is 0 Å². The molecule has 0 radical (unpaired) electrons. The fourth-order valence-electron chi connectivity index (χ4n) is 12.6. The largest absolute Gasteiger partial charge is 0.507 e. The fourth-order valence-corrected chi connectivity index (χ4v) is 13.5. The normalized spacial score (nSPS) is 29.1.